The van der Waals surface area contributed by atoms with E-state index in [1.807, 2.05) is 18.2 Å². The number of imidazole rings is 1. The number of anilines is 1. The SMILES string of the molecule is Cn1cnc(C(=O)Nc2nnc(CCC(=O)c3ccccc3)s2)c1. The van der Waals surface area contributed by atoms with Crippen molar-refractivity contribution >= 4 is 28.2 Å². The first kappa shape index (κ1) is 16.0. The van der Waals surface area contributed by atoms with Gasteiger partial charge in [0.05, 0.1) is 6.33 Å². The number of nitrogens with one attached hydrogen (secondary N) is 1. The average Bonchev–Trinajstić information content (AvgIpc) is 3.22. The molecule has 0 saturated heterocycles. The van der Waals surface area contributed by atoms with Gasteiger partial charge in [-0.1, -0.05) is 41.7 Å². The fraction of sp³-hybridized carbons (Fsp3) is 0.188. The summed E-state index contributed by atoms with van der Waals surface area (Å²) in [5.74, 6) is -0.275. The predicted octanol–water partition coefficient (Wildman–Crippen LogP) is 2.34. The van der Waals surface area contributed by atoms with Crippen LogP contribution in [-0.4, -0.2) is 31.4 Å². The molecule has 0 bridgehead atoms. The van der Waals surface area contributed by atoms with Crippen LogP contribution in [0.15, 0.2) is 42.9 Å². The van der Waals surface area contributed by atoms with E-state index < -0.39 is 0 Å². The summed E-state index contributed by atoms with van der Waals surface area (Å²) in [5.41, 5.74) is 0.999. The molecule has 0 atom stereocenters. The molecule has 0 aliphatic rings. The molecule has 1 amide bonds. The number of hydrogen-bond acceptors (Lipinski definition) is 6. The highest BCUT2D eigenvalue weighted by Gasteiger charge is 2.13. The molecule has 0 fully saturated rings. The molecule has 3 rings (SSSR count). The van der Waals surface area contributed by atoms with Crippen molar-refractivity contribution in [2.75, 3.05) is 5.32 Å². The lowest BCUT2D eigenvalue weighted by Gasteiger charge is -1.98. The largest absolute Gasteiger partial charge is 0.340 e. The summed E-state index contributed by atoms with van der Waals surface area (Å²) in [5, 5.41) is 11.7. The highest BCUT2D eigenvalue weighted by atomic mass is 32.1. The van der Waals surface area contributed by atoms with Gasteiger partial charge in [0.25, 0.3) is 5.91 Å². The van der Waals surface area contributed by atoms with Gasteiger partial charge in [-0.25, -0.2) is 4.98 Å². The number of carbonyl (C=O) groups excluding carboxylic acids is 2. The number of Topliss-reactive ketones (excluding diaryl/α,β-unsaturated/α-hetero) is 1. The van der Waals surface area contributed by atoms with E-state index in [4.69, 9.17) is 0 Å². The predicted molar refractivity (Wildman–Crippen MR) is 90.2 cm³/mol. The number of aryl methyl sites for hydroxylation is 2. The van der Waals surface area contributed by atoms with Gasteiger partial charge in [-0.2, -0.15) is 0 Å². The zero-order valence-corrected chi connectivity index (χ0v) is 13.8. The minimum Gasteiger partial charge on any atom is -0.340 e. The molecule has 122 valence electrons. The fourth-order valence-electron chi connectivity index (χ4n) is 2.09. The molecule has 0 saturated carbocycles. The number of aromatic nitrogens is 4. The van der Waals surface area contributed by atoms with Crippen molar-refractivity contribution < 1.29 is 9.59 Å². The highest BCUT2D eigenvalue weighted by Crippen LogP contribution is 2.18. The first-order chi connectivity index (χ1) is 11.6. The maximum absolute atomic E-state index is 12.1. The van der Waals surface area contributed by atoms with E-state index in [1.54, 1.807) is 36.3 Å². The molecule has 0 aliphatic heterocycles. The average molecular weight is 341 g/mol. The van der Waals surface area contributed by atoms with Gasteiger partial charge in [0.15, 0.2) is 5.78 Å². The lowest BCUT2D eigenvalue weighted by Crippen LogP contribution is -2.12. The summed E-state index contributed by atoms with van der Waals surface area (Å²) in [6.07, 6.45) is 4.02. The lowest BCUT2D eigenvalue weighted by molar-refractivity contribution is 0.0981. The topological polar surface area (TPSA) is 89.8 Å². The third-order valence-electron chi connectivity index (χ3n) is 3.29. The van der Waals surface area contributed by atoms with Crippen molar-refractivity contribution in [3.8, 4) is 0 Å². The van der Waals surface area contributed by atoms with Gasteiger partial charge in [0, 0.05) is 31.6 Å². The van der Waals surface area contributed by atoms with Gasteiger partial charge < -0.3 is 4.57 Å². The summed E-state index contributed by atoms with van der Waals surface area (Å²) in [6, 6.07) is 9.13. The van der Waals surface area contributed by atoms with Gasteiger partial charge in [-0.15, -0.1) is 10.2 Å². The van der Waals surface area contributed by atoms with Gasteiger partial charge in [0.1, 0.15) is 10.7 Å². The maximum Gasteiger partial charge on any atom is 0.277 e. The molecule has 24 heavy (non-hydrogen) atoms. The van der Waals surface area contributed by atoms with Crippen molar-refractivity contribution in [3.05, 3.63) is 59.1 Å². The first-order valence-corrected chi connectivity index (χ1v) is 8.13. The Morgan fingerprint density at radius 3 is 2.71 bits per heavy atom. The first-order valence-electron chi connectivity index (χ1n) is 7.32. The minimum atomic E-state index is -0.335. The van der Waals surface area contributed by atoms with E-state index >= 15 is 0 Å². The van der Waals surface area contributed by atoms with Crippen molar-refractivity contribution in [1.82, 2.24) is 19.7 Å². The van der Waals surface area contributed by atoms with Crippen LogP contribution in [0.4, 0.5) is 5.13 Å². The van der Waals surface area contributed by atoms with Crippen LogP contribution < -0.4 is 5.32 Å². The number of amides is 1. The van der Waals surface area contributed by atoms with E-state index in [1.165, 1.54) is 11.3 Å². The molecule has 0 unspecified atom stereocenters. The van der Waals surface area contributed by atoms with Crippen LogP contribution in [0.25, 0.3) is 0 Å². The van der Waals surface area contributed by atoms with E-state index in [0.717, 1.165) is 0 Å². The summed E-state index contributed by atoms with van der Waals surface area (Å²) in [4.78, 5) is 28.0. The lowest BCUT2D eigenvalue weighted by atomic mass is 10.1. The molecular formula is C16H15N5O2S. The molecule has 0 radical (unpaired) electrons. The van der Waals surface area contributed by atoms with Crippen LogP contribution in [0.3, 0.4) is 0 Å². The smallest absolute Gasteiger partial charge is 0.277 e. The van der Waals surface area contributed by atoms with Crippen LogP contribution in [-0.2, 0) is 13.5 Å². The second kappa shape index (κ2) is 7.14. The normalized spacial score (nSPS) is 10.5. The standard InChI is InChI=1S/C16H15N5O2S/c1-21-9-12(17-10-21)15(23)18-16-20-19-14(24-16)8-7-13(22)11-5-3-2-4-6-11/h2-6,9-10H,7-8H2,1H3,(H,18,20,23). The monoisotopic (exact) mass is 341 g/mol. The van der Waals surface area contributed by atoms with E-state index in [-0.39, 0.29) is 11.7 Å². The second-order valence-electron chi connectivity index (χ2n) is 5.17. The number of nitrogens with zero attached hydrogens (tertiary/aromatic N) is 4. The van der Waals surface area contributed by atoms with Crippen molar-refractivity contribution in [2.45, 2.75) is 12.8 Å². The Hall–Kier alpha value is -2.87. The highest BCUT2D eigenvalue weighted by molar-refractivity contribution is 7.15. The second-order valence-corrected chi connectivity index (χ2v) is 6.23. The van der Waals surface area contributed by atoms with E-state index in [9.17, 15) is 9.59 Å². The van der Waals surface area contributed by atoms with Gasteiger partial charge in [-0.3, -0.25) is 14.9 Å². The third-order valence-corrected chi connectivity index (χ3v) is 4.18. The Balaban J connectivity index is 1.56. The number of hydrogen-bond donors (Lipinski definition) is 1. The van der Waals surface area contributed by atoms with E-state index in [0.29, 0.717) is 34.2 Å². The fourth-order valence-corrected chi connectivity index (χ4v) is 2.82. The Kier molecular flexibility index (Phi) is 4.76. The van der Waals surface area contributed by atoms with Gasteiger partial charge in [-0.05, 0) is 0 Å². The Morgan fingerprint density at radius 1 is 1.21 bits per heavy atom. The molecular weight excluding hydrogens is 326 g/mol. The molecule has 1 aromatic carbocycles. The van der Waals surface area contributed by atoms with Crippen LogP contribution in [0, 0.1) is 0 Å². The maximum atomic E-state index is 12.1. The zero-order chi connectivity index (χ0) is 16.9. The molecule has 3 aromatic rings. The van der Waals surface area contributed by atoms with Crippen LogP contribution in [0.5, 0.6) is 0 Å². The van der Waals surface area contributed by atoms with Crippen LogP contribution in [0.1, 0.15) is 32.3 Å². The summed E-state index contributed by atoms with van der Waals surface area (Å²) in [6.45, 7) is 0. The summed E-state index contributed by atoms with van der Waals surface area (Å²) >= 11 is 1.26. The third kappa shape index (κ3) is 3.90. The molecule has 1 N–H and O–H groups in total. The molecule has 0 aliphatic carbocycles. The van der Waals surface area contributed by atoms with E-state index in [2.05, 4.69) is 20.5 Å². The van der Waals surface area contributed by atoms with Crippen molar-refractivity contribution in [1.29, 1.82) is 0 Å². The Morgan fingerprint density at radius 2 is 2.00 bits per heavy atom. The van der Waals surface area contributed by atoms with Crippen LogP contribution >= 0.6 is 11.3 Å². The van der Waals surface area contributed by atoms with Gasteiger partial charge >= 0.3 is 0 Å². The zero-order valence-electron chi connectivity index (χ0n) is 13.0. The Labute approximate surface area is 142 Å². The molecule has 0 spiro atoms. The Bertz CT molecular complexity index is 856. The van der Waals surface area contributed by atoms with Gasteiger partial charge in [0.2, 0.25) is 5.13 Å². The molecule has 7 nitrogen and oxygen atoms in total. The quantitative estimate of drug-likeness (QED) is 0.695. The molecule has 8 heteroatoms. The number of rotatable bonds is 6. The van der Waals surface area contributed by atoms with Crippen molar-refractivity contribution in [2.24, 2.45) is 7.05 Å². The molecule has 2 aromatic heterocycles. The van der Waals surface area contributed by atoms with Crippen LogP contribution in [0.2, 0.25) is 0 Å². The minimum absolute atomic E-state index is 0.0601. The number of carbonyl (C=O) groups is 2. The summed E-state index contributed by atoms with van der Waals surface area (Å²) in [7, 11) is 1.79. The number of ketones is 1. The number of benzene rings is 1. The summed E-state index contributed by atoms with van der Waals surface area (Å²) < 4.78 is 1.69. The molecule has 2 heterocycles. The van der Waals surface area contributed by atoms with Crippen molar-refractivity contribution in [3.63, 3.8) is 0 Å².